The molecule has 142 valence electrons. The van der Waals surface area contributed by atoms with Crippen molar-refractivity contribution in [3.8, 4) is 0 Å². The van der Waals surface area contributed by atoms with Crippen molar-refractivity contribution in [3.05, 3.63) is 59.7 Å². The van der Waals surface area contributed by atoms with Gasteiger partial charge < -0.3 is 15.5 Å². The van der Waals surface area contributed by atoms with Crippen LogP contribution in [0.1, 0.15) is 24.0 Å². The number of alkyl halides is 3. The highest BCUT2D eigenvalue weighted by molar-refractivity contribution is 5.92. The molecule has 0 aliphatic carbocycles. The summed E-state index contributed by atoms with van der Waals surface area (Å²) in [6.07, 6.45) is -6.15. The molecule has 0 fully saturated rings. The van der Waals surface area contributed by atoms with E-state index in [9.17, 15) is 22.8 Å². The largest absolute Gasteiger partial charge is 0.389 e. The molecule has 0 saturated carbocycles. The summed E-state index contributed by atoms with van der Waals surface area (Å²) in [5.41, 5.74) is 3.13. The quantitative estimate of drug-likeness (QED) is 0.823. The maximum Gasteiger partial charge on any atom is 0.389 e. The highest BCUT2D eigenvalue weighted by atomic mass is 19.4. The minimum absolute atomic E-state index is 0.242. The number of halogens is 3. The van der Waals surface area contributed by atoms with Crippen LogP contribution in [0.25, 0.3) is 0 Å². The van der Waals surface area contributed by atoms with E-state index in [4.69, 9.17) is 0 Å². The Balaban J connectivity index is 1.51. The van der Waals surface area contributed by atoms with Gasteiger partial charge in [-0.05, 0) is 35.4 Å². The Morgan fingerprint density at radius 1 is 0.889 bits per heavy atom. The number of carbonyl (C=O) groups excluding carboxylic acids is 2. The van der Waals surface area contributed by atoms with E-state index in [1.54, 1.807) is 17.0 Å². The lowest BCUT2D eigenvalue weighted by atomic mass is 10.1. The first-order chi connectivity index (χ1) is 12.8. The number of hydrogen-bond acceptors (Lipinski definition) is 2. The van der Waals surface area contributed by atoms with Crippen LogP contribution in [-0.2, 0) is 17.9 Å². The van der Waals surface area contributed by atoms with Crippen molar-refractivity contribution in [1.82, 2.24) is 4.90 Å². The maximum absolute atomic E-state index is 12.4. The molecule has 1 aliphatic rings. The van der Waals surface area contributed by atoms with Crippen molar-refractivity contribution in [2.75, 3.05) is 10.6 Å². The Labute approximate surface area is 154 Å². The number of nitrogens with zero attached hydrogens (tertiary/aromatic N) is 1. The number of amides is 3. The number of carbonyl (C=O) groups is 2. The van der Waals surface area contributed by atoms with Crippen molar-refractivity contribution in [3.63, 3.8) is 0 Å². The Morgan fingerprint density at radius 2 is 1.41 bits per heavy atom. The molecule has 27 heavy (non-hydrogen) atoms. The molecular weight excluding hydrogens is 359 g/mol. The van der Waals surface area contributed by atoms with Crippen LogP contribution in [0.4, 0.5) is 29.3 Å². The monoisotopic (exact) mass is 377 g/mol. The zero-order chi connectivity index (χ0) is 19.4. The molecule has 8 heteroatoms. The highest BCUT2D eigenvalue weighted by Crippen LogP contribution is 2.24. The van der Waals surface area contributed by atoms with Crippen LogP contribution in [0.3, 0.4) is 0 Å². The summed E-state index contributed by atoms with van der Waals surface area (Å²) in [6.45, 7) is 1.07. The Hall–Kier alpha value is -3.03. The normalized spacial score (nSPS) is 13.2. The van der Waals surface area contributed by atoms with Crippen molar-refractivity contribution >= 4 is 23.3 Å². The van der Waals surface area contributed by atoms with Crippen molar-refractivity contribution in [2.45, 2.75) is 32.1 Å². The summed E-state index contributed by atoms with van der Waals surface area (Å²) in [6, 6.07) is 13.8. The second-order valence-corrected chi connectivity index (χ2v) is 6.30. The standard InChI is InChI=1S/C19H18F3N3O2/c20-19(21,22)10-9-17(26)23-15-5-7-16(8-6-15)24-18(27)25-11-13-3-1-2-4-14(13)12-25/h1-8H,9-12H2,(H,23,26)(H,24,27). The van der Waals surface area contributed by atoms with E-state index >= 15 is 0 Å². The third kappa shape index (κ3) is 5.22. The fourth-order valence-corrected chi connectivity index (χ4v) is 2.79. The van der Waals surface area contributed by atoms with Crippen LogP contribution in [0.5, 0.6) is 0 Å². The van der Waals surface area contributed by atoms with Crippen molar-refractivity contribution in [2.24, 2.45) is 0 Å². The van der Waals surface area contributed by atoms with E-state index in [1.807, 2.05) is 24.3 Å². The molecule has 0 bridgehead atoms. The van der Waals surface area contributed by atoms with Crippen LogP contribution in [-0.4, -0.2) is 23.0 Å². The van der Waals surface area contributed by atoms with E-state index in [2.05, 4.69) is 10.6 Å². The molecule has 0 unspecified atom stereocenters. The zero-order valence-corrected chi connectivity index (χ0v) is 14.3. The molecule has 3 amide bonds. The Bertz CT molecular complexity index is 810. The van der Waals surface area contributed by atoms with Gasteiger partial charge in [0, 0.05) is 30.9 Å². The minimum Gasteiger partial charge on any atom is -0.326 e. The van der Waals surface area contributed by atoms with Crippen molar-refractivity contribution in [1.29, 1.82) is 0 Å². The second-order valence-electron chi connectivity index (χ2n) is 6.30. The predicted octanol–water partition coefficient (Wildman–Crippen LogP) is 4.52. The van der Waals surface area contributed by atoms with E-state index in [1.165, 1.54) is 12.1 Å². The maximum atomic E-state index is 12.4. The van der Waals surface area contributed by atoms with Gasteiger partial charge >= 0.3 is 12.2 Å². The lowest BCUT2D eigenvalue weighted by Gasteiger charge is -2.16. The first-order valence-corrected chi connectivity index (χ1v) is 8.39. The van der Waals surface area contributed by atoms with Gasteiger partial charge in [0.1, 0.15) is 0 Å². The first kappa shape index (κ1) is 18.8. The lowest BCUT2D eigenvalue weighted by molar-refractivity contribution is -0.142. The molecule has 1 heterocycles. The Kier molecular flexibility index (Phi) is 5.34. The zero-order valence-electron chi connectivity index (χ0n) is 14.3. The molecule has 0 saturated heterocycles. The molecule has 2 aromatic rings. The number of urea groups is 1. The van der Waals surface area contributed by atoms with Gasteiger partial charge in [0.15, 0.2) is 0 Å². The van der Waals surface area contributed by atoms with E-state index < -0.39 is 24.9 Å². The Morgan fingerprint density at radius 3 is 1.93 bits per heavy atom. The van der Waals surface area contributed by atoms with Crippen LogP contribution < -0.4 is 10.6 Å². The van der Waals surface area contributed by atoms with Crippen LogP contribution in [0, 0.1) is 0 Å². The molecule has 0 radical (unpaired) electrons. The van der Waals surface area contributed by atoms with Gasteiger partial charge in [0.25, 0.3) is 0 Å². The number of hydrogen-bond donors (Lipinski definition) is 2. The van der Waals surface area contributed by atoms with Crippen LogP contribution in [0.15, 0.2) is 48.5 Å². The smallest absolute Gasteiger partial charge is 0.326 e. The van der Waals surface area contributed by atoms with Gasteiger partial charge in [0.2, 0.25) is 5.91 Å². The third-order valence-corrected chi connectivity index (χ3v) is 4.18. The topological polar surface area (TPSA) is 61.4 Å². The number of fused-ring (bicyclic) bond motifs is 1. The number of benzene rings is 2. The van der Waals surface area contributed by atoms with E-state index in [0.29, 0.717) is 24.5 Å². The summed E-state index contributed by atoms with van der Waals surface area (Å²) in [4.78, 5) is 25.6. The average Bonchev–Trinajstić information content (AvgIpc) is 3.05. The molecule has 0 aromatic heterocycles. The number of nitrogens with one attached hydrogen (secondary N) is 2. The molecule has 0 atom stereocenters. The molecule has 3 rings (SSSR count). The van der Waals surface area contributed by atoms with Gasteiger partial charge in [-0.2, -0.15) is 13.2 Å². The molecule has 2 aromatic carbocycles. The third-order valence-electron chi connectivity index (χ3n) is 4.18. The summed E-state index contributed by atoms with van der Waals surface area (Å²) in [5.74, 6) is -0.709. The predicted molar refractivity (Wildman–Crippen MR) is 95.1 cm³/mol. The van der Waals surface area contributed by atoms with Gasteiger partial charge in [0.05, 0.1) is 6.42 Å². The van der Waals surface area contributed by atoms with Crippen LogP contribution >= 0.6 is 0 Å². The molecular formula is C19H18F3N3O2. The van der Waals surface area contributed by atoms with Crippen LogP contribution in [0.2, 0.25) is 0 Å². The fourth-order valence-electron chi connectivity index (χ4n) is 2.79. The number of rotatable bonds is 4. The summed E-state index contributed by atoms with van der Waals surface area (Å²) < 4.78 is 36.4. The molecule has 1 aliphatic heterocycles. The summed E-state index contributed by atoms with van der Waals surface area (Å²) in [5, 5.41) is 5.17. The summed E-state index contributed by atoms with van der Waals surface area (Å²) >= 11 is 0. The average molecular weight is 377 g/mol. The number of anilines is 2. The lowest BCUT2D eigenvalue weighted by Crippen LogP contribution is -2.30. The van der Waals surface area contributed by atoms with Gasteiger partial charge in [-0.1, -0.05) is 24.3 Å². The van der Waals surface area contributed by atoms with Crippen molar-refractivity contribution < 1.29 is 22.8 Å². The second kappa shape index (κ2) is 7.69. The molecule has 2 N–H and O–H groups in total. The van der Waals surface area contributed by atoms with Gasteiger partial charge in [-0.25, -0.2) is 4.79 Å². The fraction of sp³-hybridized carbons (Fsp3) is 0.263. The summed E-state index contributed by atoms with van der Waals surface area (Å²) in [7, 11) is 0. The molecule has 0 spiro atoms. The SMILES string of the molecule is O=C(CCC(F)(F)F)Nc1ccc(NC(=O)N2Cc3ccccc3C2)cc1. The first-order valence-electron chi connectivity index (χ1n) is 8.39. The van der Waals surface area contributed by atoms with Gasteiger partial charge in [-0.15, -0.1) is 0 Å². The molecule has 5 nitrogen and oxygen atoms in total. The minimum atomic E-state index is -4.36. The highest BCUT2D eigenvalue weighted by Gasteiger charge is 2.28. The van der Waals surface area contributed by atoms with E-state index in [0.717, 1.165) is 11.1 Å². The van der Waals surface area contributed by atoms with Gasteiger partial charge in [-0.3, -0.25) is 4.79 Å². The van der Waals surface area contributed by atoms with E-state index in [-0.39, 0.29) is 6.03 Å².